The molecule has 1 amide bonds. The molecule has 0 saturated heterocycles. The van der Waals surface area contributed by atoms with Crippen LogP contribution in [0.1, 0.15) is 16.1 Å². The number of halogens is 2. The standard InChI is InChI=1S/C18H15F2N3O2S/c1-23(10-12-5-4-6-13(9-12)25-18(19)20)17(24)15-11-26-16(22-15)14-7-2-3-8-21-14/h2-9,11,18H,10H2,1H3. The largest absolute Gasteiger partial charge is 0.435 e. The lowest BCUT2D eigenvalue weighted by atomic mass is 10.2. The summed E-state index contributed by atoms with van der Waals surface area (Å²) in [5.74, 6) is -0.201. The van der Waals surface area contributed by atoms with Crippen LogP contribution in [0.15, 0.2) is 54.0 Å². The molecule has 0 aliphatic rings. The fourth-order valence-electron chi connectivity index (χ4n) is 2.34. The third-order valence-corrected chi connectivity index (χ3v) is 4.36. The SMILES string of the molecule is CN(Cc1cccc(OC(F)F)c1)C(=O)c1csc(-c2ccccn2)n1. The highest BCUT2D eigenvalue weighted by molar-refractivity contribution is 7.13. The minimum absolute atomic E-state index is 0.0597. The molecular formula is C18H15F2N3O2S. The topological polar surface area (TPSA) is 55.3 Å². The average molecular weight is 375 g/mol. The number of carbonyl (C=O) groups is 1. The summed E-state index contributed by atoms with van der Waals surface area (Å²) in [6.45, 7) is -2.64. The Hall–Kier alpha value is -2.87. The number of thiazole rings is 1. The number of ether oxygens (including phenoxy) is 1. The Labute approximate surface area is 152 Å². The van der Waals surface area contributed by atoms with Crippen LogP contribution in [0.4, 0.5) is 8.78 Å². The van der Waals surface area contributed by atoms with Gasteiger partial charge in [-0.25, -0.2) is 4.98 Å². The van der Waals surface area contributed by atoms with Gasteiger partial charge in [-0.05, 0) is 29.8 Å². The van der Waals surface area contributed by atoms with E-state index in [4.69, 9.17) is 0 Å². The summed E-state index contributed by atoms with van der Waals surface area (Å²) in [6, 6.07) is 11.8. The Balaban J connectivity index is 1.69. The molecular weight excluding hydrogens is 360 g/mol. The zero-order chi connectivity index (χ0) is 18.5. The number of carbonyl (C=O) groups excluding carboxylic acids is 1. The van der Waals surface area contributed by atoms with Crippen LogP contribution in [0.2, 0.25) is 0 Å². The number of benzene rings is 1. The lowest BCUT2D eigenvalue weighted by Crippen LogP contribution is -2.26. The number of hydrogen-bond acceptors (Lipinski definition) is 5. The molecule has 3 aromatic rings. The van der Waals surface area contributed by atoms with Crippen LogP contribution < -0.4 is 4.74 Å². The number of rotatable bonds is 6. The molecule has 26 heavy (non-hydrogen) atoms. The van der Waals surface area contributed by atoms with Gasteiger partial charge in [0.05, 0.1) is 5.69 Å². The molecule has 0 atom stereocenters. The second-order valence-corrected chi connectivity index (χ2v) is 6.30. The maximum Gasteiger partial charge on any atom is 0.387 e. The molecule has 2 heterocycles. The molecule has 0 aliphatic carbocycles. The first-order chi connectivity index (χ1) is 12.5. The van der Waals surface area contributed by atoms with Crippen molar-refractivity contribution < 1.29 is 18.3 Å². The van der Waals surface area contributed by atoms with Crippen LogP contribution in [0, 0.1) is 0 Å². The fourth-order valence-corrected chi connectivity index (χ4v) is 3.11. The molecule has 0 saturated carbocycles. The highest BCUT2D eigenvalue weighted by atomic mass is 32.1. The molecule has 134 valence electrons. The van der Waals surface area contributed by atoms with Crippen molar-refractivity contribution in [3.8, 4) is 16.5 Å². The minimum Gasteiger partial charge on any atom is -0.435 e. The number of amides is 1. The Morgan fingerprint density at radius 2 is 2.12 bits per heavy atom. The quantitative estimate of drug-likeness (QED) is 0.651. The fraction of sp³-hybridized carbons (Fsp3) is 0.167. The van der Waals surface area contributed by atoms with Gasteiger partial charge in [-0.2, -0.15) is 8.78 Å². The van der Waals surface area contributed by atoms with Crippen LogP contribution in [0.25, 0.3) is 10.7 Å². The van der Waals surface area contributed by atoms with E-state index in [9.17, 15) is 13.6 Å². The maximum atomic E-state index is 12.6. The molecule has 5 nitrogen and oxygen atoms in total. The number of pyridine rings is 1. The lowest BCUT2D eigenvalue weighted by Gasteiger charge is -2.16. The summed E-state index contributed by atoms with van der Waals surface area (Å²) >= 11 is 1.34. The van der Waals surface area contributed by atoms with Crippen molar-refractivity contribution in [3.63, 3.8) is 0 Å². The minimum atomic E-state index is -2.88. The van der Waals surface area contributed by atoms with Crippen LogP contribution in [0.3, 0.4) is 0 Å². The first kappa shape index (κ1) is 17.9. The number of hydrogen-bond donors (Lipinski definition) is 0. The molecule has 3 rings (SSSR count). The van der Waals surface area contributed by atoms with Crippen molar-refractivity contribution >= 4 is 17.2 Å². The molecule has 0 spiro atoms. The van der Waals surface area contributed by atoms with Crippen molar-refractivity contribution in [2.75, 3.05) is 7.05 Å². The van der Waals surface area contributed by atoms with Gasteiger partial charge in [-0.15, -0.1) is 11.3 Å². The van der Waals surface area contributed by atoms with Gasteiger partial charge in [0.1, 0.15) is 16.5 Å². The van der Waals surface area contributed by atoms with E-state index in [1.54, 1.807) is 30.8 Å². The van der Waals surface area contributed by atoms with Crippen LogP contribution in [-0.2, 0) is 6.54 Å². The van der Waals surface area contributed by atoms with Gasteiger partial charge in [-0.1, -0.05) is 18.2 Å². The predicted molar refractivity (Wildman–Crippen MR) is 94.2 cm³/mol. The van der Waals surface area contributed by atoms with E-state index in [1.165, 1.54) is 28.4 Å². The molecule has 0 bridgehead atoms. The van der Waals surface area contributed by atoms with Gasteiger partial charge in [0, 0.05) is 25.2 Å². The van der Waals surface area contributed by atoms with E-state index in [2.05, 4.69) is 14.7 Å². The first-order valence-corrected chi connectivity index (χ1v) is 8.57. The predicted octanol–water partition coefficient (Wildman–Crippen LogP) is 4.08. The van der Waals surface area contributed by atoms with E-state index in [0.29, 0.717) is 22.0 Å². The molecule has 0 aliphatic heterocycles. The number of aromatic nitrogens is 2. The molecule has 0 N–H and O–H groups in total. The Bertz CT molecular complexity index is 887. The molecule has 0 fully saturated rings. The van der Waals surface area contributed by atoms with Crippen molar-refractivity contribution in [2.45, 2.75) is 13.2 Å². The van der Waals surface area contributed by atoms with Crippen LogP contribution >= 0.6 is 11.3 Å². The zero-order valence-electron chi connectivity index (χ0n) is 13.8. The van der Waals surface area contributed by atoms with Gasteiger partial charge in [0.15, 0.2) is 0 Å². The van der Waals surface area contributed by atoms with Crippen molar-refractivity contribution in [1.82, 2.24) is 14.9 Å². The van der Waals surface area contributed by atoms with Crippen LogP contribution in [-0.4, -0.2) is 34.4 Å². The number of nitrogens with zero attached hydrogens (tertiary/aromatic N) is 3. The highest BCUT2D eigenvalue weighted by Crippen LogP contribution is 2.23. The summed E-state index contributed by atoms with van der Waals surface area (Å²) in [5.41, 5.74) is 1.70. The monoisotopic (exact) mass is 375 g/mol. The van der Waals surface area contributed by atoms with Crippen molar-refractivity contribution in [3.05, 3.63) is 65.3 Å². The Morgan fingerprint density at radius 3 is 2.85 bits per heavy atom. The first-order valence-electron chi connectivity index (χ1n) is 7.69. The van der Waals surface area contributed by atoms with E-state index < -0.39 is 6.61 Å². The lowest BCUT2D eigenvalue weighted by molar-refractivity contribution is -0.0499. The summed E-state index contributed by atoms with van der Waals surface area (Å²) < 4.78 is 29.0. The summed E-state index contributed by atoms with van der Waals surface area (Å²) in [6.07, 6.45) is 1.67. The third-order valence-electron chi connectivity index (χ3n) is 3.50. The Kier molecular flexibility index (Phi) is 5.52. The van der Waals surface area contributed by atoms with Crippen molar-refractivity contribution in [2.24, 2.45) is 0 Å². The second kappa shape index (κ2) is 8.01. The average Bonchev–Trinajstić information content (AvgIpc) is 3.11. The number of alkyl halides is 2. The normalized spacial score (nSPS) is 10.8. The molecule has 0 unspecified atom stereocenters. The van der Waals surface area contributed by atoms with Gasteiger partial charge < -0.3 is 9.64 Å². The molecule has 2 aromatic heterocycles. The van der Waals surface area contributed by atoms with Gasteiger partial charge in [-0.3, -0.25) is 9.78 Å². The smallest absolute Gasteiger partial charge is 0.387 e. The Morgan fingerprint density at radius 1 is 1.27 bits per heavy atom. The van der Waals surface area contributed by atoms with E-state index in [0.717, 1.165) is 0 Å². The summed E-state index contributed by atoms with van der Waals surface area (Å²) in [7, 11) is 1.63. The summed E-state index contributed by atoms with van der Waals surface area (Å²) in [5, 5.41) is 2.34. The molecule has 1 aromatic carbocycles. The van der Waals surface area contributed by atoms with E-state index in [1.807, 2.05) is 18.2 Å². The zero-order valence-corrected chi connectivity index (χ0v) is 14.6. The highest BCUT2D eigenvalue weighted by Gasteiger charge is 2.17. The van der Waals surface area contributed by atoms with Gasteiger partial charge in [0.2, 0.25) is 0 Å². The summed E-state index contributed by atoms with van der Waals surface area (Å²) in [4.78, 5) is 22.6. The van der Waals surface area contributed by atoms with E-state index >= 15 is 0 Å². The van der Waals surface area contributed by atoms with Crippen molar-refractivity contribution in [1.29, 1.82) is 0 Å². The van der Waals surface area contributed by atoms with Gasteiger partial charge >= 0.3 is 6.61 Å². The van der Waals surface area contributed by atoms with Crippen LogP contribution in [0.5, 0.6) is 5.75 Å². The van der Waals surface area contributed by atoms with E-state index in [-0.39, 0.29) is 18.2 Å². The molecule has 8 heteroatoms. The third kappa shape index (κ3) is 4.40. The second-order valence-electron chi connectivity index (χ2n) is 5.44. The molecule has 0 radical (unpaired) electrons. The maximum absolute atomic E-state index is 12.6. The van der Waals surface area contributed by atoms with Gasteiger partial charge in [0.25, 0.3) is 5.91 Å².